The minimum Gasteiger partial charge on any atom is -0.294 e. The molecule has 3 aromatic heterocycles. The smallest absolute Gasteiger partial charge is 0.165 e. The monoisotopic (exact) mass is 433 g/mol. The SMILES string of the molecule is O=C(CC(CC(=O)c1ccc(Cl)nc1)c1ccc(Cl)nc1)c1ccc(Cl)nc1. The first-order chi connectivity index (χ1) is 13.4. The summed E-state index contributed by atoms with van der Waals surface area (Å²) >= 11 is 17.4. The predicted octanol–water partition coefficient (Wildman–Crippen LogP) is 5.46. The van der Waals surface area contributed by atoms with E-state index >= 15 is 0 Å². The van der Waals surface area contributed by atoms with E-state index in [0.29, 0.717) is 26.6 Å². The zero-order valence-electron chi connectivity index (χ0n) is 14.5. The summed E-state index contributed by atoms with van der Waals surface area (Å²) in [6.07, 6.45) is 4.64. The van der Waals surface area contributed by atoms with E-state index in [2.05, 4.69) is 15.0 Å². The van der Waals surface area contributed by atoms with Crippen molar-refractivity contribution in [3.8, 4) is 0 Å². The molecule has 0 aliphatic carbocycles. The minimum absolute atomic E-state index is 0.110. The maximum atomic E-state index is 12.7. The van der Waals surface area contributed by atoms with Crippen LogP contribution in [-0.4, -0.2) is 26.5 Å². The van der Waals surface area contributed by atoms with Crippen LogP contribution in [0.25, 0.3) is 0 Å². The van der Waals surface area contributed by atoms with Gasteiger partial charge >= 0.3 is 0 Å². The average molecular weight is 435 g/mol. The minimum atomic E-state index is -0.379. The molecule has 0 fully saturated rings. The zero-order valence-corrected chi connectivity index (χ0v) is 16.7. The summed E-state index contributed by atoms with van der Waals surface area (Å²) < 4.78 is 0. The number of rotatable bonds is 7. The van der Waals surface area contributed by atoms with Gasteiger partial charge in [-0.25, -0.2) is 15.0 Å². The third kappa shape index (κ3) is 5.35. The van der Waals surface area contributed by atoms with Crippen molar-refractivity contribution in [3.63, 3.8) is 0 Å². The van der Waals surface area contributed by atoms with E-state index < -0.39 is 0 Å². The molecule has 0 saturated heterocycles. The van der Waals surface area contributed by atoms with E-state index in [9.17, 15) is 9.59 Å². The van der Waals surface area contributed by atoms with Crippen LogP contribution >= 0.6 is 34.8 Å². The van der Waals surface area contributed by atoms with Gasteiger partial charge < -0.3 is 0 Å². The molecule has 3 rings (SSSR count). The standard InChI is InChI=1S/C20H14Cl3N3O2/c21-18-4-1-12(9-24-18)15(7-16(27)13-2-5-19(22)25-10-13)8-17(28)14-3-6-20(23)26-11-14/h1-6,9-11,15H,7-8H2. The molecule has 28 heavy (non-hydrogen) atoms. The number of carbonyl (C=O) groups excluding carboxylic acids is 2. The van der Waals surface area contributed by atoms with Gasteiger partial charge in [0.1, 0.15) is 15.5 Å². The molecule has 0 unspecified atom stereocenters. The maximum Gasteiger partial charge on any atom is 0.165 e. The van der Waals surface area contributed by atoms with Gasteiger partial charge in [0.25, 0.3) is 0 Å². The summed E-state index contributed by atoms with van der Waals surface area (Å²) in [6.45, 7) is 0. The highest BCUT2D eigenvalue weighted by Gasteiger charge is 2.22. The molecule has 8 heteroatoms. The second kappa shape index (κ2) is 9.24. The van der Waals surface area contributed by atoms with Crippen molar-refractivity contribution >= 4 is 46.4 Å². The predicted molar refractivity (Wildman–Crippen MR) is 108 cm³/mol. The van der Waals surface area contributed by atoms with Crippen LogP contribution in [0.3, 0.4) is 0 Å². The van der Waals surface area contributed by atoms with Crippen LogP contribution in [0.15, 0.2) is 55.0 Å². The Balaban J connectivity index is 1.83. The third-order valence-electron chi connectivity index (χ3n) is 4.18. The quantitative estimate of drug-likeness (QED) is 0.364. The molecule has 3 aromatic rings. The van der Waals surface area contributed by atoms with E-state index in [1.807, 2.05) is 0 Å². The summed E-state index contributed by atoms with van der Waals surface area (Å²) in [5, 5.41) is 0.949. The highest BCUT2D eigenvalue weighted by atomic mass is 35.5. The summed E-state index contributed by atoms with van der Waals surface area (Å²) in [5.74, 6) is -0.673. The lowest BCUT2D eigenvalue weighted by atomic mass is 9.87. The first-order valence-corrected chi connectivity index (χ1v) is 9.46. The lowest BCUT2D eigenvalue weighted by Crippen LogP contribution is -2.13. The molecule has 0 aliphatic heterocycles. The number of nitrogens with zero attached hydrogens (tertiary/aromatic N) is 3. The number of carbonyl (C=O) groups is 2. The Bertz CT molecular complexity index is 916. The maximum absolute atomic E-state index is 12.7. The molecule has 0 saturated carbocycles. The normalized spacial score (nSPS) is 10.9. The Morgan fingerprint density at radius 3 is 1.46 bits per heavy atom. The van der Waals surface area contributed by atoms with Gasteiger partial charge in [-0.2, -0.15) is 0 Å². The van der Waals surface area contributed by atoms with Gasteiger partial charge in [0.2, 0.25) is 0 Å². The Morgan fingerprint density at radius 2 is 1.11 bits per heavy atom. The third-order valence-corrected chi connectivity index (χ3v) is 4.85. The Labute approximate surface area is 176 Å². The Hall–Kier alpha value is -2.34. The Morgan fingerprint density at radius 1 is 0.679 bits per heavy atom. The van der Waals surface area contributed by atoms with E-state index in [-0.39, 0.29) is 30.3 Å². The van der Waals surface area contributed by atoms with Gasteiger partial charge in [-0.1, -0.05) is 40.9 Å². The molecule has 3 heterocycles. The highest BCUT2D eigenvalue weighted by Crippen LogP contribution is 2.27. The van der Waals surface area contributed by atoms with Crippen LogP contribution in [-0.2, 0) is 0 Å². The molecule has 0 aliphatic rings. The highest BCUT2D eigenvalue weighted by molar-refractivity contribution is 6.30. The van der Waals surface area contributed by atoms with Gasteiger partial charge in [-0.15, -0.1) is 0 Å². The van der Waals surface area contributed by atoms with Gasteiger partial charge in [0, 0.05) is 42.6 Å². The largest absolute Gasteiger partial charge is 0.294 e. The molecular weight excluding hydrogens is 421 g/mol. The van der Waals surface area contributed by atoms with E-state index in [0.717, 1.165) is 5.56 Å². The van der Waals surface area contributed by atoms with Crippen LogP contribution in [0.5, 0.6) is 0 Å². The van der Waals surface area contributed by atoms with Crippen LogP contribution in [0.1, 0.15) is 45.0 Å². The molecule has 0 bridgehead atoms. The molecule has 0 aromatic carbocycles. The number of hydrogen-bond acceptors (Lipinski definition) is 5. The van der Waals surface area contributed by atoms with Crippen LogP contribution in [0.2, 0.25) is 15.5 Å². The van der Waals surface area contributed by atoms with Crippen molar-refractivity contribution in [3.05, 3.63) is 87.1 Å². The number of halogens is 3. The average Bonchev–Trinajstić information content (AvgIpc) is 2.69. The van der Waals surface area contributed by atoms with Gasteiger partial charge in [0.15, 0.2) is 11.6 Å². The first-order valence-electron chi connectivity index (χ1n) is 8.33. The number of pyridine rings is 3. The lowest BCUT2D eigenvalue weighted by Gasteiger charge is -2.16. The van der Waals surface area contributed by atoms with Gasteiger partial charge in [-0.05, 0) is 41.8 Å². The fourth-order valence-corrected chi connectivity index (χ4v) is 3.04. The second-order valence-electron chi connectivity index (χ2n) is 6.10. The first kappa shape index (κ1) is 20.4. The number of Topliss-reactive ketones (excluding diaryl/α,β-unsaturated/α-hetero) is 2. The van der Waals surface area contributed by atoms with Gasteiger partial charge in [-0.3, -0.25) is 9.59 Å². The fraction of sp³-hybridized carbons (Fsp3) is 0.150. The fourth-order valence-electron chi connectivity index (χ4n) is 2.70. The summed E-state index contributed by atoms with van der Waals surface area (Å²) in [6, 6.07) is 9.73. The van der Waals surface area contributed by atoms with Crippen molar-refractivity contribution in [2.45, 2.75) is 18.8 Å². The van der Waals surface area contributed by atoms with E-state index in [1.165, 1.54) is 12.4 Å². The van der Waals surface area contributed by atoms with Crippen molar-refractivity contribution in [2.75, 3.05) is 0 Å². The lowest BCUT2D eigenvalue weighted by molar-refractivity contribution is 0.0944. The molecule has 0 atom stereocenters. The molecule has 142 valence electrons. The number of ketones is 2. The molecule has 0 amide bonds. The van der Waals surface area contributed by atoms with Gasteiger partial charge in [0.05, 0.1) is 0 Å². The van der Waals surface area contributed by atoms with E-state index in [4.69, 9.17) is 34.8 Å². The topological polar surface area (TPSA) is 72.8 Å². The second-order valence-corrected chi connectivity index (χ2v) is 7.27. The molecule has 5 nitrogen and oxygen atoms in total. The van der Waals surface area contributed by atoms with Crippen molar-refractivity contribution < 1.29 is 9.59 Å². The van der Waals surface area contributed by atoms with Crippen LogP contribution < -0.4 is 0 Å². The molecule has 0 radical (unpaired) electrons. The molecular formula is C20H14Cl3N3O2. The Kier molecular flexibility index (Phi) is 6.73. The summed E-state index contributed by atoms with van der Waals surface area (Å²) in [7, 11) is 0. The summed E-state index contributed by atoms with van der Waals surface area (Å²) in [5.41, 5.74) is 1.60. The van der Waals surface area contributed by atoms with Crippen LogP contribution in [0, 0.1) is 0 Å². The number of hydrogen-bond donors (Lipinski definition) is 0. The van der Waals surface area contributed by atoms with Crippen molar-refractivity contribution in [1.82, 2.24) is 15.0 Å². The van der Waals surface area contributed by atoms with Crippen molar-refractivity contribution in [2.24, 2.45) is 0 Å². The molecule has 0 N–H and O–H groups in total. The van der Waals surface area contributed by atoms with Crippen LogP contribution in [0.4, 0.5) is 0 Å². The van der Waals surface area contributed by atoms with E-state index in [1.54, 1.807) is 42.6 Å². The molecule has 0 spiro atoms. The summed E-state index contributed by atoms with van der Waals surface area (Å²) in [4.78, 5) is 37.3. The zero-order chi connectivity index (χ0) is 20.1. The van der Waals surface area contributed by atoms with Crippen molar-refractivity contribution in [1.29, 1.82) is 0 Å². The number of aromatic nitrogens is 3.